The Morgan fingerprint density at radius 2 is 1.83 bits per heavy atom. The number of carbonyl (C=O) groups excluding carboxylic acids is 1. The van der Waals surface area contributed by atoms with Crippen LogP contribution in [-0.4, -0.2) is 24.2 Å². The molecule has 7 heteroatoms. The fraction of sp³-hybridized carbons (Fsp3) is 0.562. The van der Waals surface area contributed by atoms with Gasteiger partial charge in [-0.25, -0.2) is 4.39 Å². The molecule has 1 amide bonds. The van der Waals surface area contributed by atoms with Gasteiger partial charge in [-0.05, 0) is 42.9 Å². The van der Waals surface area contributed by atoms with E-state index < -0.39 is 29.0 Å². The van der Waals surface area contributed by atoms with E-state index in [1.807, 2.05) is 13.8 Å². The summed E-state index contributed by atoms with van der Waals surface area (Å²) in [5.74, 6) is -1.95. The van der Waals surface area contributed by atoms with E-state index in [0.29, 0.717) is 25.3 Å². The van der Waals surface area contributed by atoms with Crippen LogP contribution in [0, 0.1) is 11.2 Å². The molecule has 0 saturated carbocycles. The van der Waals surface area contributed by atoms with E-state index in [1.165, 1.54) is 0 Å². The summed E-state index contributed by atoms with van der Waals surface area (Å²) in [5.41, 5.74) is -2.28. The first-order valence-electron chi connectivity index (χ1n) is 7.45. The van der Waals surface area contributed by atoms with Gasteiger partial charge in [0.2, 0.25) is 0 Å². The summed E-state index contributed by atoms with van der Waals surface area (Å²) in [4.78, 5) is 12.1. The van der Waals surface area contributed by atoms with Gasteiger partial charge in [0.25, 0.3) is 5.91 Å². The predicted octanol–water partition coefficient (Wildman–Crippen LogP) is 3.76. The van der Waals surface area contributed by atoms with Gasteiger partial charge >= 0.3 is 6.18 Å². The van der Waals surface area contributed by atoms with Crippen molar-refractivity contribution in [2.24, 2.45) is 5.41 Å². The van der Waals surface area contributed by atoms with Gasteiger partial charge in [-0.1, -0.05) is 13.8 Å². The molecule has 0 aliphatic heterocycles. The number of amides is 1. The zero-order valence-electron chi connectivity index (χ0n) is 13.1. The van der Waals surface area contributed by atoms with Gasteiger partial charge < -0.3 is 10.4 Å². The number of rotatable bonds is 7. The van der Waals surface area contributed by atoms with Crippen molar-refractivity contribution in [2.75, 3.05) is 13.2 Å². The van der Waals surface area contributed by atoms with Gasteiger partial charge in [-0.15, -0.1) is 0 Å². The molecular formula is C16H21F4NO2. The van der Waals surface area contributed by atoms with Crippen molar-refractivity contribution in [1.82, 2.24) is 5.32 Å². The van der Waals surface area contributed by atoms with Crippen LogP contribution in [0.2, 0.25) is 0 Å². The van der Waals surface area contributed by atoms with Crippen molar-refractivity contribution in [3.05, 3.63) is 35.1 Å². The Labute approximate surface area is 132 Å². The third kappa shape index (κ3) is 4.92. The van der Waals surface area contributed by atoms with Crippen LogP contribution in [0.5, 0.6) is 0 Å². The molecule has 3 nitrogen and oxygen atoms in total. The van der Waals surface area contributed by atoms with Crippen LogP contribution in [0.15, 0.2) is 18.2 Å². The number of benzene rings is 1. The molecule has 2 N–H and O–H groups in total. The van der Waals surface area contributed by atoms with Gasteiger partial charge in [0.15, 0.2) is 0 Å². The Hall–Kier alpha value is -1.63. The first kappa shape index (κ1) is 19.4. The van der Waals surface area contributed by atoms with Crippen molar-refractivity contribution in [1.29, 1.82) is 0 Å². The highest BCUT2D eigenvalue weighted by Crippen LogP contribution is 2.33. The minimum absolute atomic E-state index is 0.0676. The molecule has 0 atom stereocenters. The molecule has 0 aliphatic rings. The maximum atomic E-state index is 13.1. The van der Waals surface area contributed by atoms with E-state index in [-0.39, 0.29) is 18.6 Å². The average molecular weight is 335 g/mol. The molecule has 23 heavy (non-hydrogen) atoms. The quantitative estimate of drug-likeness (QED) is 0.746. The van der Waals surface area contributed by atoms with Crippen molar-refractivity contribution in [3.8, 4) is 0 Å². The molecule has 0 heterocycles. The zero-order chi connectivity index (χ0) is 17.7. The summed E-state index contributed by atoms with van der Waals surface area (Å²) in [7, 11) is 0. The number of aliphatic hydroxyl groups is 1. The highest BCUT2D eigenvalue weighted by molar-refractivity contribution is 5.95. The third-order valence-electron chi connectivity index (χ3n) is 4.30. The molecule has 0 aliphatic carbocycles. The summed E-state index contributed by atoms with van der Waals surface area (Å²) < 4.78 is 51.9. The van der Waals surface area contributed by atoms with Crippen LogP contribution >= 0.6 is 0 Å². The van der Waals surface area contributed by atoms with E-state index in [4.69, 9.17) is 5.11 Å². The van der Waals surface area contributed by atoms with E-state index in [0.717, 1.165) is 12.1 Å². The van der Waals surface area contributed by atoms with Gasteiger partial charge in [-0.2, -0.15) is 13.2 Å². The fourth-order valence-electron chi connectivity index (χ4n) is 2.49. The lowest BCUT2D eigenvalue weighted by Crippen LogP contribution is -2.38. The van der Waals surface area contributed by atoms with Gasteiger partial charge in [-0.3, -0.25) is 4.79 Å². The van der Waals surface area contributed by atoms with Gasteiger partial charge in [0.05, 0.1) is 11.1 Å². The monoisotopic (exact) mass is 335 g/mol. The Morgan fingerprint density at radius 1 is 1.22 bits per heavy atom. The van der Waals surface area contributed by atoms with Crippen LogP contribution in [0.1, 0.15) is 49.0 Å². The molecule has 130 valence electrons. The zero-order valence-corrected chi connectivity index (χ0v) is 13.1. The van der Waals surface area contributed by atoms with E-state index in [9.17, 15) is 22.4 Å². The molecule has 0 bridgehead atoms. The highest BCUT2D eigenvalue weighted by Gasteiger charge is 2.36. The minimum atomic E-state index is -4.81. The number of aliphatic hydroxyl groups excluding tert-OH is 1. The Morgan fingerprint density at radius 3 is 2.30 bits per heavy atom. The number of hydrogen-bond donors (Lipinski definition) is 2. The lowest BCUT2D eigenvalue weighted by molar-refractivity contribution is -0.138. The Bertz CT molecular complexity index is 539. The van der Waals surface area contributed by atoms with Crippen LogP contribution in [0.3, 0.4) is 0 Å². The second-order valence-electron chi connectivity index (χ2n) is 5.55. The highest BCUT2D eigenvalue weighted by atomic mass is 19.4. The second-order valence-corrected chi connectivity index (χ2v) is 5.55. The first-order valence-corrected chi connectivity index (χ1v) is 7.45. The van der Waals surface area contributed by atoms with E-state index in [1.54, 1.807) is 0 Å². The van der Waals surface area contributed by atoms with Crippen LogP contribution in [0.25, 0.3) is 0 Å². The molecule has 1 aromatic rings. The van der Waals surface area contributed by atoms with Crippen molar-refractivity contribution < 1.29 is 27.5 Å². The minimum Gasteiger partial charge on any atom is -0.396 e. The maximum absolute atomic E-state index is 13.1. The molecule has 0 spiro atoms. The molecule has 1 aromatic carbocycles. The fourth-order valence-corrected chi connectivity index (χ4v) is 2.49. The smallest absolute Gasteiger partial charge is 0.396 e. The summed E-state index contributed by atoms with van der Waals surface area (Å²) >= 11 is 0. The van der Waals surface area contributed by atoms with Crippen molar-refractivity contribution in [2.45, 2.75) is 39.3 Å². The maximum Gasteiger partial charge on any atom is 0.417 e. The summed E-state index contributed by atoms with van der Waals surface area (Å²) in [5, 5.41) is 11.6. The molecular weight excluding hydrogens is 314 g/mol. The molecule has 0 fully saturated rings. The largest absolute Gasteiger partial charge is 0.417 e. The average Bonchev–Trinajstić information content (AvgIpc) is 2.50. The summed E-state index contributed by atoms with van der Waals surface area (Å²) in [6, 6.07) is 1.97. The van der Waals surface area contributed by atoms with E-state index >= 15 is 0 Å². The summed E-state index contributed by atoms with van der Waals surface area (Å²) in [6.07, 6.45) is -3.04. The third-order valence-corrected chi connectivity index (χ3v) is 4.30. The normalized spacial score (nSPS) is 12.3. The van der Waals surface area contributed by atoms with E-state index in [2.05, 4.69) is 5.32 Å². The SMILES string of the molecule is CCC(CC)(CCO)CNC(=O)c1ccc(F)cc1C(F)(F)F. The first-order chi connectivity index (χ1) is 10.7. The van der Waals surface area contributed by atoms with Crippen molar-refractivity contribution in [3.63, 3.8) is 0 Å². The summed E-state index contributed by atoms with van der Waals surface area (Å²) in [6.45, 7) is 3.87. The van der Waals surface area contributed by atoms with Crippen LogP contribution in [0.4, 0.5) is 17.6 Å². The second kappa shape index (κ2) is 7.77. The number of hydrogen-bond acceptors (Lipinski definition) is 2. The number of carbonyl (C=O) groups is 1. The molecule has 0 unspecified atom stereocenters. The van der Waals surface area contributed by atoms with Crippen LogP contribution in [-0.2, 0) is 6.18 Å². The Kier molecular flexibility index (Phi) is 6.56. The predicted molar refractivity (Wildman–Crippen MR) is 78.5 cm³/mol. The van der Waals surface area contributed by atoms with Crippen molar-refractivity contribution >= 4 is 5.91 Å². The lowest BCUT2D eigenvalue weighted by atomic mass is 9.79. The number of nitrogens with one attached hydrogen (secondary N) is 1. The molecule has 0 radical (unpaired) electrons. The molecule has 1 rings (SSSR count). The van der Waals surface area contributed by atoms with Gasteiger partial charge in [0, 0.05) is 13.2 Å². The Balaban J connectivity index is 2.99. The molecule has 0 aromatic heterocycles. The topological polar surface area (TPSA) is 49.3 Å². The molecule has 0 saturated heterocycles. The van der Waals surface area contributed by atoms with Crippen LogP contribution < -0.4 is 5.32 Å². The lowest BCUT2D eigenvalue weighted by Gasteiger charge is -2.31. The standard InChI is InChI=1S/C16H21F4NO2/c1-3-15(4-2,7-8-22)10-21-14(23)12-6-5-11(17)9-13(12)16(18,19)20/h5-6,9,22H,3-4,7-8,10H2,1-2H3,(H,21,23). The number of alkyl halides is 3. The number of halogens is 4. The van der Waals surface area contributed by atoms with Gasteiger partial charge in [0.1, 0.15) is 5.82 Å².